The highest BCUT2D eigenvalue weighted by atomic mass is 14.7. The van der Waals surface area contributed by atoms with Gasteiger partial charge in [0.15, 0.2) is 0 Å². The van der Waals surface area contributed by atoms with Gasteiger partial charge in [0.05, 0.1) is 0 Å². The lowest BCUT2D eigenvalue weighted by Gasteiger charge is -2.40. The fourth-order valence-corrected chi connectivity index (χ4v) is 4.75. The van der Waals surface area contributed by atoms with Gasteiger partial charge in [-0.1, -0.05) is 20.3 Å². The summed E-state index contributed by atoms with van der Waals surface area (Å²) in [6.45, 7) is 5.15. The molecule has 12 heavy (non-hydrogen) atoms. The van der Waals surface area contributed by atoms with Gasteiger partial charge in [-0.3, -0.25) is 0 Å². The summed E-state index contributed by atoms with van der Waals surface area (Å²) < 4.78 is 0. The number of hydrogen-bond donors (Lipinski definition) is 0. The Hall–Kier alpha value is 0. The summed E-state index contributed by atoms with van der Waals surface area (Å²) in [5.74, 6) is 2.21. The van der Waals surface area contributed by atoms with Crippen molar-refractivity contribution in [2.75, 3.05) is 0 Å². The first-order valence-corrected chi connectivity index (χ1v) is 5.64. The third-order valence-corrected chi connectivity index (χ3v) is 5.70. The third-order valence-electron chi connectivity index (χ3n) is 5.70. The second-order valence-electron chi connectivity index (χ2n) is 6.07. The van der Waals surface area contributed by atoms with Gasteiger partial charge in [0.25, 0.3) is 0 Å². The van der Waals surface area contributed by atoms with Gasteiger partial charge in [-0.05, 0) is 54.8 Å². The van der Waals surface area contributed by atoms with Crippen LogP contribution in [0.2, 0.25) is 0 Å². The lowest BCUT2D eigenvalue weighted by Crippen LogP contribution is -2.32. The minimum Gasteiger partial charge on any atom is -0.0591 e. The van der Waals surface area contributed by atoms with Crippen LogP contribution in [0.4, 0.5) is 0 Å². The predicted molar refractivity (Wildman–Crippen MR) is 50.9 cm³/mol. The molecule has 0 aromatic rings. The minimum absolute atomic E-state index is 0.749. The molecular weight excluding hydrogens is 144 g/mol. The molecule has 0 nitrogen and oxygen atoms in total. The lowest BCUT2D eigenvalue weighted by atomic mass is 9.65. The molecule has 0 amide bonds. The van der Waals surface area contributed by atoms with E-state index in [2.05, 4.69) is 13.8 Å². The van der Waals surface area contributed by atoms with Crippen LogP contribution >= 0.6 is 0 Å². The zero-order valence-corrected chi connectivity index (χ0v) is 8.40. The summed E-state index contributed by atoms with van der Waals surface area (Å²) in [4.78, 5) is 0. The summed E-state index contributed by atoms with van der Waals surface area (Å²) in [6.07, 6.45) is 9.30. The maximum absolute atomic E-state index is 2.59. The van der Waals surface area contributed by atoms with Crippen molar-refractivity contribution in [3.63, 3.8) is 0 Å². The molecule has 3 aliphatic carbocycles. The molecule has 3 aliphatic rings. The van der Waals surface area contributed by atoms with Gasteiger partial charge in [-0.25, -0.2) is 0 Å². The van der Waals surface area contributed by atoms with Crippen molar-refractivity contribution in [3.05, 3.63) is 0 Å². The Kier molecular flexibility index (Phi) is 1.18. The van der Waals surface area contributed by atoms with E-state index in [-0.39, 0.29) is 0 Å². The van der Waals surface area contributed by atoms with E-state index in [4.69, 9.17) is 0 Å². The molecule has 0 heteroatoms. The molecule has 0 aromatic carbocycles. The maximum atomic E-state index is 2.59. The van der Waals surface area contributed by atoms with E-state index >= 15 is 0 Å². The van der Waals surface area contributed by atoms with Crippen LogP contribution < -0.4 is 0 Å². The number of fused-ring (bicyclic) bond motifs is 1. The first kappa shape index (κ1) is 7.41. The third kappa shape index (κ3) is 0.625. The Morgan fingerprint density at radius 3 is 2.67 bits per heavy atom. The molecule has 68 valence electrons. The Labute approximate surface area is 75.7 Å². The van der Waals surface area contributed by atoms with Crippen LogP contribution in [0.25, 0.3) is 0 Å². The molecule has 0 N–H and O–H groups in total. The van der Waals surface area contributed by atoms with Crippen LogP contribution in [0.15, 0.2) is 0 Å². The fraction of sp³-hybridized carbons (Fsp3) is 1.00. The highest BCUT2D eigenvalue weighted by molar-refractivity contribution is 5.11. The van der Waals surface area contributed by atoms with Crippen LogP contribution in [0.1, 0.15) is 52.4 Å². The van der Waals surface area contributed by atoms with E-state index in [1.165, 1.54) is 6.42 Å². The van der Waals surface area contributed by atoms with E-state index in [0.717, 1.165) is 22.7 Å². The normalized spacial score (nSPS) is 62.5. The standard InChI is InChI=1S/C12H20/c1-11-6-5-10-4-3-9(7-11)8-12(10,11)2/h9-10H,3-8H2,1-2H3/t9?,10?,11-,12?/m1/s1. The van der Waals surface area contributed by atoms with E-state index in [0.29, 0.717) is 0 Å². The van der Waals surface area contributed by atoms with Crippen molar-refractivity contribution < 1.29 is 0 Å². The molecule has 3 saturated carbocycles. The summed E-state index contributed by atoms with van der Waals surface area (Å²) in [6, 6.07) is 0. The number of rotatable bonds is 0. The van der Waals surface area contributed by atoms with Crippen molar-refractivity contribution in [2.45, 2.75) is 52.4 Å². The van der Waals surface area contributed by atoms with Gasteiger partial charge in [-0.15, -0.1) is 0 Å². The quantitative estimate of drug-likeness (QED) is 0.513. The molecule has 3 unspecified atom stereocenters. The highest BCUT2D eigenvalue weighted by Gasteiger charge is 2.61. The predicted octanol–water partition coefficient (Wildman–Crippen LogP) is 3.61. The molecule has 0 aromatic heterocycles. The molecule has 3 fully saturated rings. The molecule has 0 heterocycles. The van der Waals surface area contributed by atoms with Gasteiger partial charge >= 0.3 is 0 Å². The number of hydrogen-bond acceptors (Lipinski definition) is 0. The van der Waals surface area contributed by atoms with Crippen molar-refractivity contribution in [2.24, 2.45) is 22.7 Å². The molecule has 2 bridgehead atoms. The molecule has 4 atom stereocenters. The van der Waals surface area contributed by atoms with Gasteiger partial charge in [-0.2, -0.15) is 0 Å². The zero-order valence-electron chi connectivity index (χ0n) is 8.40. The highest BCUT2D eigenvalue weighted by Crippen LogP contribution is 2.70. The van der Waals surface area contributed by atoms with Crippen molar-refractivity contribution in [3.8, 4) is 0 Å². The topological polar surface area (TPSA) is 0 Å². The van der Waals surface area contributed by atoms with E-state index in [1.807, 2.05) is 0 Å². The van der Waals surface area contributed by atoms with Crippen LogP contribution in [0.3, 0.4) is 0 Å². The van der Waals surface area contributed by atoms with Gasteiger partial charge in [0.1, 0.15) is 0 Å². The Balaban J connectivity index is 2.08. The smallest absolute Gasteiger partial charge is 0.0241 e. The molecule has 0 spiro atoms. The minimum atomic E-state index is 0.749. The Bertz CT molecular complexity index is 216. The van der Waals surface area contributed by atoms with Crippen molar-refractivity contribution >= 4 is 0 Å². The zero-order chi connectivity index (χ0) is 8.40. The summed E-state index contributed by atoms with van der Waals surface area (Å²) in [5, 5.41) is 0. The van der Waals surface area contributed by atoms with E-state index in [9.17, 15) is 0 Å². The maximum Gasteiger partial charge on any atom is -0.0241 e. The second kappa shape index (κ2) is 1.91. The first-order chi connectivity index (χ1) is 5.64. The molecule has 0 radical (unpaired) electrons. The monoisotopic (exact) mass is 164 g/mol. The Morgan fingerprint density at radius 2 is 1.83 bits per heavy atom. The van der Waals surface area contributed by atoms with Crippen molar-refractivity contribution in [1.82, 2.24) is 0 Å². The molecule has 3 rings (SSSR count). The van der Waals surface area contributed by atoms with Gasteiger partial charge in [0.2, 0.25) is 0 Å². The molecule has 0 aliphatic heterocycles. The Morgan fingerprint density at radius 1 is 1.00 bits per heavy atom. The van der Waals surface area contributed by atoms with E-state index in [1.54, 1.807) is 32.1 Å². The van der Waals surface area contributed by atoms with Crippen LogP contribution in [-0.4, -0.2) is 0 Å². The summed E-state index contributed by atoms with van der Waals surface area (Å²) in [7, 11) is 0. The average molecular weight is 164 g/mol. The first-order valence-electron chi connectivity index (χ1n) is 5.64. The van der Waals surface area contributed by atoms with Crippen LogP contribution in [0.5, 0.6) is 0 Å². The SMILES string of the molecule is CC12CC3CCC1CC[C@]2(C)C3. The molecule has 0 saturated heterocycles. The van der Waals surface area contributed by atoms with Crippen LogP contribution in [0, 0.1) is 22.7 Å². The van der Waals surface area contributed by atoms with Gasteiger partial charge < -0.3 is 0 Å². The molecular formula is C12H20. The summed E-state index contributed by atoms with van der Waals surface area (Å²) >= 11 is 0. The van der Waals surface area contributed by atoms with Gasteiger partial charge in [0, 0.05) is 0 Å². The van der Waals surface area contributed by atoms with Crippen molar-refractivity contribution in [1.29, 1.82) is 0 Å². The largest absolute Gasteiger partial charge is 0.0591 e. The average Bonchev–Trinajstić information content (AvgIpc) is 2.32. The fourth-order valence-electron chi connectivity index (χ4n) is 4.75. The van der Waals surface area contributed by atoms with E-state index < -0.39 is 0 Å². The lowest BCUT2D eigenvalue weighted by molar-refractivity contribution is 0.0905. The second-order valence-corrected chi connectivity index (χ2v) is 6.07. The van der Waals surface area contributed by atoms with Crippen LogP contribution in [-0.2, 0) is 0 Å². The summed E-state index contributed by atoms with van der Waals surface area (Å²) in [5.41, 5.74) is 1.51.